The summed E-state index contributed by atoms with van der Waals surface area (Å²) >= 11 is 0. The lowest BCUT2D eigenvalue weighted by Crippen LogP contribution is -2.28. The van der Waals surface area contributed by atoms with Gasteiger partial charge in [-0.25, -0.2) is 0 Å². The molecule has 3 heteroatoms. The predicted octanol–water partition coefficient (Wildman–Crippen LogP) is 0.747. The minimum Gasteiger partial charge on any atom is -0.468 e. The number of ether oxygens (including phenoxy) is 1. The van der Waals surface area contributed by atoms with E-state index in [4.69, 9.17) is 0 Å². The Labute approximate surface area is 73.7 Å². The first-order chi connectivity index (χ1) is 5.63. The third-order valence-electron chi connectivity index (χ3n) is 2.64. The van der Waals surface area contributed by atoms with Gasteiger partial charge in [0.15, 0.2) is 0 Å². The van der Waals surface area contributed by atoms with E-state index in [-0.39, 0.29) is 5.97 Å². The van der Waals surface area contributed by atoms with E-state index in [1.54, 1.807) is 0 Å². The average molecular weight is 171 g/mol. The number of rotatable bonds is 2. The van der Waals surface area contributed by atoms with Crippen molar-refractivity contribution in [3.8, 4) is 0 Å². The molecule has 0 amide bonds. The maximum absolute atomic E-state index is 10.9. The molecule has 0 saturated carbocycles. The third kappa shape index (κ3) is 2.21. The molecule has 1 heterocycles. The molecule has 0 N–H and O–H groups in total. The summed E-state index contributed by atoms with van der Waals surface area (Å²) in [5.41, 5.74) is 0. The van der Waals surface area contributed by atoms with Gasteiger partial charge in [0.2, 0.25) is 0 Å². The number of carbonyl (C=O) groups excluding carboxylic acids is 1. The third-order valence-corrected chi connectivity index (χ3v) is 2.64. The zero-order valence-corrected chi connectivity index (χ0v) is 8.04. The second-order valence-electron chi connectivity index (χ2n) is 3.72. The van der Waals surface area contributed by atoms with Crippen LogP contribution < -0.4 is 0 Å². The van der Waals surface area contributed by atoms with Crippen molar-refractivity contribution < 1.29 is 9.53 Å². The summed E-state index contributed by atoms with van der Waals surface area (Å²) in [7, 11) is 1.44. The Morgan fingerprint density at radius 1 is 1.42 bits per heavy atom. The maximum atomic E-state index is 10.9. The van der Waals surface area contributed by atoms with Crippen LogP contribution >= 0.6 is 0 Å². The first kappa shape index (κ1) is 9.52. The molecule has 0 aliphatic carbocycles. The van der Waals surface area contributed by atoms with Crippen LogP contribution in [-0.4, -0.2) is 37.6 Å². The molecule has 0 radical (unpaired) electrons. The molecule has 0 bridgehead atoms. The number of esters is 1. The van der Waals surface area contributed by atoms with E-state index in [1.165, 1.54) is 7.11 Å². The quantitative estimate of drug-likeness (QED) is 0.574. The topological polar surface area (TPSA) is 29.5 Å². The van der Waals surface area contributed by atoms with Crippen LogP contribution in [0.4, 0.5) is 0 Å². The Morgan fingerprint density at radius 2 is 1.92 bits per heavy atom. The van der Waals surface area contributed by atoms with Gasteiger partial charge in [0.25, 0.3) is 0 Å². The van der Waals surface area contributed by atoms with Crippen LogP contribution in [0.3, 0.4) is 0 Å². The highest BCUT2D eigenvalue weighted by molar-refractivity contribution is 5.71. The van der Waals surface area contributed by atoms with Crippen LogP contribution in [0.5, 0.6) is 0 Å². The highest BCUT2D eigenvalue weighted by Gasteiger charge is 2.27. The molecule has 1 fully saturated rings. The number of hydrogen-bond acceptors (Lipinski definition) is 3. The molecule has 70 valence electrons. The lowest BCUT2D eigenvalue weighted by Gasteiger charge is -2.12. The average Bonchev–Trinajstić information content (AvgIpc) is 2.31. The summed E-state index contributed by atoms with van der Waals surface area (Å²) in [4.78, 5) is 13.1. The van der Waals surface area contributed by atoms with Crippen molar-refractivity contribution in [3.05, 3.63) is 0 Å². The second-order valence-corrected chi connectivity index (χ2v) is 3.72. The highest BCUT2D eigenvalue weighted by Crippen LogP contribution is 2.21. The molecular formula is C9H17NO2. The zero-order chi connectivity index (χ0) is 9.14. The van der Waals surface area contributed by atoms with Crippen LogP contribution in [0, 0.1) is 11.8 Å². The molecule has 1 saturated heterocycles. The summed E-state index contributed by atoms with van der Waals surface area (Å²) in [5.74, 6) is 1.28. The monoisotopic (exact) mass is 171 g/mol. The minimum absolute atomic E-state index is 0.128. The Kier molecular flexibility index (Phi) is 3.09. The Balaban J connectivity index is 2.32. The molecule has 3 nitrogen and oxygen atoms in total. The molecule has 12 heavy (non-hydrogen) atoms. The Morgan fingerprint density at radius 3 is 2.33 bits per heavy atom. The van der Waals surface area contributed by atoms with E-state index in [9.17, 15) is 4.79 Å². The smallest absolute Gasteiger partial charge is 0.319 e. The van der Waals surface area contributed by atoms with Gasteiger partial charge in [0, 0.05) is 13.1 Å². The van der Waals surface area contributed by atoms with Crippen molar-refractivity contribution in [3.63, 3.8) is 0 Å². The van der Waals surface area contributed by atoms with Crippen molar-refractivity contribution >= 4 is 5.97 Å². The predicted molar refractivity (Wildman–Crippen MR) is 46.8 cm³/mol. The number of nitrogens with zero attached hydrogens (tertiary/aromatic N) is 1. The van der Waals surface area contributed by atoms with Crippen LogP contribution in [0.2, 0.25) is 0 Å². The van der Waals surface area contributed by atoms with Gasteiger partial charge in [0.05, 0.1) is 13.7 Å². The molecule has 0 aromatic carbocycles. The van der Waals surface area contributed by atoms with Crippen molar-refractivity contribution in [2.75, 3.05) is 26.7 Å². The van der Waals surface area contributed by atoms with Crippen LogP contribution in [0.1, 0.15) is 13.8 Å². The molecule has 2 unspecified atom stereocenters. The van der Waals surface area contributed by atoms with Gasteiger partial charge in [-0.3, -0.25) is 9.69 Å². The SMILES string of the molecule is COC(=O)CN1CC(C)C(C)C1. The summed E-state index contributed by atoms with van der Waals surface area (Å²) in [6.07, 6.45) is 0. The summed E-state index contributed by atoms with van der Waals surface area (Å²) in [5, 5.41) is 0. The number of carbonyl (C=O) groups is 1. The van der Waals surface area contributed by atoms with Gasteiger partial charge in [-0.2, -0.15) is 0 Å². The number of likely N-dealkylation sites (tertiary alicyclic amines) is 1. The molecule has 0 aromatic heterocycles. The van der Waals surface area contributed by atoms with Crippen LogP contribution in [-0.2, 0) is 9.53 Å². The molecule has 1 aliphatic heterocycles. The Hall–Kier alpha value is -0.570. The normalized spacial score (nSPS) is 30.6. The van der Waals surface area contributed by atoms with Gasteiger partial charge in [-0.15, -0.1) is 0 Å². The van der Waals surface area contributed by atoms with Crippen LogP contribution in [0.15, 0.2) is 0 Å². The lowest BCUT2D eigenvalue weighted by molar-refractivity contribution is -0.141. The first-order valence-electron chi connectivity index (χ1n) is 4.42. The van der Waals surface area contributed by atoms with Gasteiger partial charge >= 0.3 is 5.97 Å². The van der Waals surface area contributed by atoms with Crippen LogP contribution in [0.25, 0.3) is 0 Å². The van der Waals surface area contributed by atoms with Crippen molar-refractivity contribution in [2.45, 2.75) is 13.8 Å². The summed E-state index contributed by atoms with van der Waals surface area (Å²) in [6, 6.07) is 0. The van der Waals surface area contributed by atoms with E-state index in [1.807, 2.05) is 0 Å². The van der Waals surface area contributed by atoms with E-state index in [0.717, 1.165) is 13.1 Å². The molecule has 1 rings (SSSR count). The molecule has 1 aliphatic rings. The van der Waals surface area contributed by atoms with Crippen molar-refractivity contribution in [2.24, 2.45) is 11.8 Å². The van der Waals surface area contributed by atoms with Crippen molar-refractivity contribution in [1.29, 1.82) is 0 Å². The molecular weight excluding hydrogens is 154 g/mol. The standard InChI is InChI=1S/C9H17NO2/c1-7-4-10(5-8(7)2)6-9(11)12-3/h7-8H,4-6H2,1-3H3. The fourth-order valence-electron chi connectivity index (χ4n) is 1.63. The summed E-state index contributed by atoms with van der Waals surface area (Å²) < 4.78 is 4.60. The summed E-state index contributed by atoms with van der Waals surface area (Å²) in [6.45, 7) is 6.95. The fourth-order valence-corrected chi connectivity index (χ4v) is 1.63. The highest BCUT2D eigenvalue weighted by atomic mass is 16.5. The van der Waals surface area contributed by atoms with E-state index in [2.05, 4.69) is 23.5 Å². The van der Waals surface area contributed by atoms with E-state index < -0.39 is 0 Å². The minimum atomic E-state index is -0.128. The molecule has 0 aromatic rings. The molecule has 2 atom stereocenters. The van der Waals surface area contributed by atoms with E-state index >= 15 is 0 Å². The van der Waals surface area contributed by atoms with Gasteiger partial charge in [-0.1, -0.05) is 13.8 Å². The number of methoxy groups -OCH3 is 1. The van der Waals surface area contributed by atoms with Gasteiger partial charge in [0.1, 0.15) is 0 Å². The van der Waals surface area contributed by atoms with E-state index in [0.29, 0.717) is 18.4 Å². The number of hydrogen-bond donors (Lipinski definition) is 0. The fraction of sp³-hybridized carbons (Fsp3) is 0.889. The van der Waals surface area contributed by atoms with Crippen molar-refractivity contribution in [1.82, 2.24) is 4.90 Å². The largest absolute Gasteiger partial charge is 0.468 e. The molecule has 0 spiro atoms. The lowest BCUT2D eigenvalue weighted by atomic mass is 10.0. The first-order valence-corrected chi connectivity index (χ1v) is 4.42. The zero-order valence-electron chi connectivity index (χ0n) is 8.04. The van der Waals surface area contributed by atoms with Gasteiger partial charge < -0.3 is 4.74 Å². The van der Waals surface area contributed by atoms with Gasteiger partial charge in [-0.05, 0) is 11.8 Å². The Bertz CT molecular complexity index is 160. The maximum Gasteiger partial charge on any atom is 0.319 e. The second kappa shape index (κ2) is 3.90.